The molecule has 6 nitrogen and oxygen atoms in total. The SMILES string of the molecule is Cn1nccc1CCC(=O)N1CCCC1c1ccncn1. The zero-order chi connectivity index (χ0) is 14.7. The zero-order valence-electron chi connectivity index (χ0n) is 12.1. The van der Waals surface area contributed by atoms with E-state index in [4.69, 9.17) is 0 Å². The highest BCUT2D eigenvalue weighted by Crippen LogP contribution is 2.31. The van der Waals surface area contributed by atoms with Gasteiger partial charge in [-0.2, -0.15) is 5.10 Å². The van der Waals surface area contributed by atoms with Crippen LogP contribution in [0, 0.1) is 0 Å². The quantitative estimate of drug-likeness (QED) is 0.854. The van der Waals surface area contributed by atoms with Crippen molar-refractivity contribution in [2.45, 2.75) is 31.7 Å². The molecule has 1 aliphatic heterocycles. The zero-order valence-corrected chi connectivity index (χ0v) is 12.1. The summed E-state index contributed by atoms with van der Waals surface area (Å²) in [5.41, 5.74) is 2.03. The van der Waals surface area contributed by atoms with Crippen molar-refractivity contribution >= 4 is 5.91 Å². The number of nitrogens with zero attached hydrogens (tertiary/aromatic N) is 5. The molecule has 1 saturated heterocycles. The highest BCUT2D eigenvalue weighted by Gasteiger charge is 2.30. The lowest BCUT2D eigenvalue weighted by Gasteiger charge is -2.24. The number of aromatic nitrogens is 4. The van der Waals surface area contributed by atoms with Gasteiger partial charge in [0.05, 0.1) is 11.7 Å². The number of hydrogen-bond donors (Lipinski definition) is 0. The largest absolute Gasteiger partial charge is 0.334 e. The second-order valence-electron chi connectivity index (χ2n) is 5.33. The highest BCUT2D eigenvalue weighted by molar-refractivity contribution is 5.77. The fourth-order valence-corrected chi connectivity index (χ4v) is 2.90. The number of likely N-dealkylation sites (tertiary alicyclic amines) is 1. The van der Waals surface area contributed by atoms with Crippen molar-refractivity contribution in [1.29, 1.82) is 0 Å². The Bertz CT molecular complexity index is 610. The monoisotopic (exact) mass is 285 g/mol. The van der Waals surface area contributed by atoms with Crippen LogP contribution in [0.5, 0.6) is 0 Å². The van der Waals surface area contributed by atoms with E-state index in [0.717, 1.165) is 37.2 Å². The molecule has 1 atom stereocenters. The maximum Gasteiger partial charge on any atom is 0.223 e. The number of aryl methyl sites for hydroxylation is 2. The molecule has 0 aromatic carbocycles. The number of carbonyl (C=O) groups is 1. The lowest BCUT2D eigenvalue weighted by atomic mass is 10.1. The molecule has 2 aromatic rings. The molecule has 3 rings (SSSR count). The summed E-state index contributed by atoms with van der Waals surface area (Å²) in [5, 5.41) is 4.13. The van der Waals surface area contributed by atoms with Gasteiger partial charge in [-0.15, -0.1) is 0 Å². The van der Waals surface area contributed by atoms with Gasteiger partial charge in [0.15, 0.2) is 0 Å². The third kappa shape index (κ3) is 2.94. The molecule has 1 amide bonds. The molecule has 2 aromatic heterocycles. The molecule has 0 N–H and O–H groups in total. The first kappa shape index (κ1) is 13.7. The minimum absolute atomic E-state index is 0.104. The Hall–Kier alpha value is -2.24. The van der Waals surface area contributed by atoms with Gasteiger partial charge < -0.3 is 4.90 Å². The van der Waals surface area contributed by atoms with Gasteiger partial charge in [0.25, 0.3) is 0 Å². The molecule has 110 valence electrons. The van der Waals surface area contributed by atoms with Gasteiger partial charge in [-0.25, -0.2) is 9.97 Å². The van der Waals surface area contributed by atoms with Gasteiger partial charge in [0.2, 0.25) is 5.91 Å². The first-order valence-electron chi connectivity index (χ1n) is 7.28. The summed E-state index contributed by atoms with van der Waals surface area (Å²) in [6.07, 6.45) is 8.30. The van der Waals surface area contributed by atoms with Crippen LogP contribution >= 0.6 is 0 Å². The third-order valence-electron chi connectivity index (χ3n) is 4.04. The Kier molecular flexibility index (Phi) is 3.94. The van der Waals surface area contributed by atoms with Crippen LogP contribution in [-0.2, 0) is 18.3 Å². The van der Waals surface area contributed by atoms with Crippen molar-refractivity contribution in [3.63, 3.8) is 0 Å². The second-order valence-corrected chi connectivity index (χ2v) is 5.33. The van der Waals surface area contributed by atoms with E-state index >= 15 is 0 Å². The Labute approximate surface area is 123 Å². The third-order valence-corrected chi connectivity index (χ3v) is 4.04. The summed E-state index contributed by atoms with van der Waals surface area (Å²) < 4.78 is 1.82. The molecule has 0 saturated carbocycles. The summed E-state index contributed by atoms with van der Waals surface area (Å²) in [6, 6.07) is 3.96. The Morgan fingerprint density at radius 3 is 3.00 bits per heavy atom. The van der Waals surface area contributed by atoms with Crippen LogP contribution in [-0.4, -0.2) is 37.1 Å². The minimum Gasteiger partial charge on any atom is -0.334 e. The molecule has 0 aliphatic carbocycles. The van der Waals surface area contributed by atoms with Crippen LogP contribution in [0.15, 0.2) is 30.9 Å². The van der Waals surface area contributed by atoms with Crippen molar-refractivity contribution in [1.82, 2.24) is 24.6 Å². The molecule has 3 heterocycles. The smallest absolute Gasteiger partial charge is 0.223 e. The maximum atomic E-state index is 12.5. The van der Waals surface area contributed by atoms with Gasteiger partial charge in [-0.3, -0.25) is 9.48 Å². The average molecular weight is 285 g/mol. The maximum absolute atomic E-state index is 12.5. The molecule has 21 heavy (non-hydrogen) atoms. The Morgan fingerprint density at radius 2 is 2.29 bits per heavy atom. The van der Waals surface area contributed by atoms with E-state index in [1.54, 1.807) is 18.7 Å². The number of hydrogen-bond acceptors (Lipinski definition) is 4. The van der Waals surface area contributed by atoms with Crippen LogP contribution in [0.3, 0.4) is 0 Å². The van der Waals surface area contributed by atoms with Crippen LogP contribution in [0.1, 0.15) is 36.7 Å². The summed E-state index contributed by atoms with van der Waals surface area (Å²) in [5.74, 6) is 0.192. The lowest BCUT2D eigenvalue weighted by Crippen LogP contribution is -2.31. The van der Waals surface area contributed by atoms with Crippen LogP contribution in [0.4, 0.5) is 0 Å². The summed E-state index contributed by atoms with van der Waals surface area (Å²) in [4.78, 5) is 22.7. The molecule has 0 radical (unpaired) electrons. The van der Waals surface area contributed by atoms with Gasteiger partial charge in [0.1, 0.15) is 6.33 Å². The van der Waals surface area contributed by atoms with Crippen molar-refractivity contribution in [3.05, 3.63) is 42.2 Å². The molecule has 0 spiro atoms. The van der Waals surface area contributed by atoms with E-state index < -0.39 is 0 Å². The van der Waals surface area contributed by atoms with E-state index in [1.807, 2.05) is 28.8 Å². The van der Waals surface area contributed by atoms with Gasteiger partial charge >= 0.3 is 0 Å². The second kappa shape index (κ2) is 6.03. The molecule has 0 bridgehead atoms. The van der Waals surface area contributed by atoms with E-state index in [0.29, 0.717) is 6.42 Å². The van der Waals surface area contributed by atoms with Gasteiger partial charge in [0, 0.05) is 38.1 Å². The first-order chi connectivity index (χ1) is 10.3. The Balaban J connectivity index is 1.65. The van der Waals surface area contributed by atoms with Gasteiger partial charge in [-0.1, -0.05) is 0 Å². The van der Waals surface area contributed by atoms with Gasteiger partial charge in [-0.05, 0) is 31.4 Å². The summed E-state index contributed by atoms with van der Waals surface area (Å²) in [6.45, 7) is 0.818. The van der Waals surface area contributed by atoms with Crippen molar-refractivity contribution in [2.75, 3.05) is 6.54 Å². The predicted molar refractivity (Wildman–Crippen MR) is 77.2 cm³/mol. The molecular formula is C15H19N5O. The normalized spacial score (nSPS) is 18.1. The van der Waals surface area contributed by atoms with E-state index in [2.05, 4.69) is 15.1 Å². The van der Waals surface area contributed by atoms with Crippen LogP contribution < -0.4 is 0 Å². The van der Waals surface area contributed by atoms with Crippen molar-refractivity contribution in [2.24, 2.45) is 7.05 Å². The topological polar surface area (TPSA) is 63.9 Å². The van der Waals surface area contributed by atoms with Crippen molar-refractivity contribution in [3.8, 4) is 0 Å². The van der Waals surface area contributed by atoms with Crippen LogP contribution in [0.25, 0.3) is 0 Å². The molecule has 1 fully saturated rings. The lowest BCUT2D eigenvalue weighted by molar-refractivity contribution is -0.132. The predicted octanol–water partition coefficient (Wildman–Crippen LogP) is 1.51. The van der Waals surface area contributed by atoms with E-state index in [9.17, 15) is 4.79 Å². The fraction of sp³-hybridized carbons (Fsp3) is 0.467. The van der Waals surface area contributed by atoms with E-state index in [-0.39, 0.29) is 11.9 Å². The summed E-state index contributed by atoms with van der Waals surface area (Å²) in [7, 11) is 1.90. The number of carbonyl (C=O) groups excluding carboxylic acids is 1. The standard InChI is InChI=1S/C15H19N5O/c1-19-12(6-9-18-19)4-5-15(21)20-10-2-3-14(20)13-7-8-16-11-17-13/h6-9,11,14H,2-5,10H2,1H3. The van der Waals surface area contributed by atoms with Crippen LogP contribution in [0.2, 0.25) is 0 Å². The number of rotatable bonds is 4. The average Bonchev–Trinajstić information content (AvgIpc) is 3.15. The summed E-state index contributed by atoms with van der Waals surface area (Å²) >= 11 is 0. The first-order valence-corrected chi connectivity index (χ1v) is 7.28. The van der Waals surface area contributed by atoms with Crippen molar-refractivity contribution < 1.29 is 4.79 Å². The number of amides is 1. The minimum atomic E-state index is 0.104. The highest BCUT2D eigenvalue weighted by atomic mass is 16.2. The Morgan fingerprint density at radius 1 is 1.38 bits per heavy atom. The fourth-order valence-electron chi connectivity index (χ4n) is 2.90. The molecule has 1 unspecified atom stereocenters. The molecule has 6 heteroatoms. The molecular weight excluding hydrogens is 266 g/mol. The molecule has 1 aliphatic rings. The van der Waals surface area contributed by atoms with E-state index in [1.165, 1.54) is 0 Å².